The van der Waals surface area contributed by atoms with Crippen LogP contribution in [0.4, 0.5) is 0 Å². The van der Waals surface area contributed by atoms with Gasteiger partial charge in [0.05, 0.1) is 11.5 Å². The normalized spacial score (nSPS) is 25.7. The van der Waals surface area contributed by atoms with E-state index in [1.165, 1.54) is 19.3 Å². The highest BCUT2D eigenvalue weighted by molar-refractivity contribution is 7.91. The second-order valence-corrected chi connectivity index (χ2v) is 9.24. The standard InChI is InChI=1S/C16H28N2O4S/c1-12(18-15(19)9-13-5-3-2-4-6-13)16(20)17-10-14-7-8-23(21,22)11-14/h12-14H,2-11H2,1H3,(H,17,20)(H,18,19)/t12-,14+/m1/s1. The first-order chi connectivity index (χ1) is 10.9. The van der Waals surface area contributed by atoms with Crippen molar-refractivity contribution < 1.29 is 18.0 Å². The first-order valence-electron chi connectivity index (χ1n) is 8.63. The van der Waals surface area contributed by atoms with Gasteiger partial charge in [0.15, 0.2) is 9.84 Å². The molecule has 0 spiro atoms. The number of amides is 2. The molecule has 2 atom stereocenters. The number of rotatable bonds is 6. The Morgan fingerprint density at radius 3 is 2.39 bits per heavy atom. The van der Waals surface area contributed by atoms with Crippen molar-refractivity contribution >= 4 is 21.7 Å². The van der Waals surface area contributed by atoms with Gasteiger partial charge in [-0.2, -0.15) is 0 Å². The Labute approximate surface area is 138 Å². The molecule has 1 aliphatic heterocycles. The van der Waals surface area contributed by atoms with Gasteiger partial charge in [0, 0.05) is 13.0 Å². The fraction of sp³-hybridized carbons (Fsp3) is 0.875. The lowest BCUT2D eigenvalue weighted by Gasteiger charge is -2.22. The van der Waals surface area contributed by atoms with Gasteiger partial charge in [0.2, 0.25) is 11.8 Å². The van der Waals surface area contributed by atoms with Crippen molar-refractivity contribution in [2.45, 2.75) is 57.9 Å². The summed E-state index contributed by atoms with van der Waals surface area (Å²) in [5.41, 5.74) is 0. The van der Waals surface area contributed by atoms with E-state index in [9.17, 15) is 18.0 Å². The molecular formula is C16H28N2O4S. The van der Waals surface area contributed by atoms with Gasteiger partial charge in [-0.1, -0.05) is 19.3 Å². The molecule has 0 aromatic carbocycles. The topological polar surface area (TPSA) is 92.3 Å². The highest BCUT2D eigenvalue weighted by Gasteiger charge is 2.28. The SMILES string of the molecule is C[C@@H](NC(=O)CC1CCCCC1)C(=O)NC[C@@H]1CCS(=O)(=O)C1. The molecule has 0 unspecified atom stereocenters. The Balaban J connectivity index is 1.66. The Kier molecular flexibility index (Phi) is 6.44. The Morgan fingerprint density at radius 1 is 1.09 bits per heavy atom. The third-order valence-electron chi connectivity index (χ3n) is 4.86. The van der Waals surface area contributed by atoms with Crippen molar-refractivity contribution in [3.63, 3.8) is 0 Å². The van der Waals surface area contributed by atoms with Crippen LogP contribution < -0.4 is 10.6 Å². The van der Waals surface area contributed by atoms with Crippen molar-refractivity contribution in [3.8, 4) is 0 Å². The predicted octanol–water partition coefficient (Wildman–Crippen LogP) is 1.01. The van der Waals surface area contributed by atoms with Gasteiger partial charge in [-0.3, -0.25) is 9.59 Å². The van der Waals surface area contributed by atoms with E-state index in [0.717, 1.165) is 12.8 Å². The zero-order valence-electron chi connectivity index (χ0n) is 13.8. The van der Waals surface area contributed by atoms with Crippen LogP contribution in [0.15, 0.2) is 0 Å². The summed E-state index contributed by atoms with van der Waals surface area (Å²) in [5, 5.41) is 5.50. The molecule has 1 aliphatic carbocycles. The second-order valence-electron chi connectivity index (χ2n) is 7.01. The van der Waals surface area contributed by atoms with Crippen LogP contribution in [0, 0.1) is 11.8 Å². The van der Waals surface area contributed by atoms with Gasteiger partial charge in [-0.15, -0.1) is 0 Å². The van der Waals surface area contributed by atoms with Crippen LogP contribution in [0.25, 0.3) is 0 Å². The van der Waals surface area contributed by atoms with E-state index in [4.69, 9.17) is 0 Å². The van der Waals surface area contributed by atoms with Crippen molar-refractivity contribution in [1.82, 2.24) is 10.6 Å². The number of carbonyl (C=O) groups is 2. The van der Waals surface area contributed by atoms with Gasteiger partial charge >= 0.3 is 0 Å². The Morgan fingerprint density at radius 2 is 1.78 bits per heavy atom. The lowest BCUT2D eigenvalue weighted by molar-refractivity contribution is -0.129. The summed E-state index contributed by atoms with van der Waals surface area (Å²) >= 11 is 0. The maximum Gasteiger partial charge on any atom is 0.242 e. The molecule has 7 heteroatoms. The number of nitrogens with one attached hydrogen (secondary N) is 2. The van der Waals surface area contributed by atoms with Crippen LogP contribution in [0.2, 0.25) is 0 Å². The van der Waals surface area contributed by atoms with Gasteiger partial charge < -0.3 is 10.6 Å². The number of sulfone groups is 1. The number of hydrogen-bond donors (Lipinski definition) is 2. The molecule has 0 aromatic heterocycles. The minimum atomic E-state index is -2.92. The number of carbonyl (C=O) groups excluding carboxylic acids is 2. The summed E-state index contributed by atoms with van der Waals surface area (Å²) in [5.74, 6) is 0.489. The highest BCUT2D eigenvalue weighted by Crippen LogP contribution is 2.26. The molecular weight excluding hydrogens is 316 g/mol. The summed E-state index contributed by atoms with van der Waals surface area (Å²) in [6, 6.07) is -0.580. The van der Waals surface area contributed by atoms with E-state index >= 15 is 0 Å². The van der Waals surface area contributed by atoms with Gasteiger partial charge in [0.25, 0.3) is 0 Å². The van der Waals surface area contributed by atoms with Crippen molar-refractivity contribution in [2.75, 3.05) is 18.1 Å². The first kappa shape index (κ1) is 18.2. The monoisotopic (exact) mass is 344 g/mol. The van der Waals surface area contributed by atoms with Crippen LogP contribution in [0.3, 0.4) is 0 Å². The molecule has 0 bridgehead atoms. The van der Waals surface area contributed by atoms with Crippen molar-refractivity contribution in [1.29, 1.82) is 0 Å². The molecule has 2 amide bonds. The molecule has 0 radical (unpaired) electrons. The summed E-state index contributed by atoms with van der Waals surface area (Å²) in [6.07, 6.45) is 6.95. The van der Waals surface area contributed by atoms with E-state index < -0.39 is 15.9 Å². The molecule has 2 rings (SSSR count). The van der Waals surface area contributed by atoms with E-state index in [2.05, 4.69) is 10.6 Å². The molecule has 1 saturated carbocycles. The second kappa shape index (κ2) is 8.13. The van der Waals surface area contributed by atoms with Crippen LogP contribution in [-0.2, 0) is 19.4 Å². The third-order valence-corrected chi connectivity index (χ3v) is 6.70. The number of hydrogen-bond acceptors (Lipinski definition) is 4. The van der Waals surface area contributed by atoms with Gasteiger partial charge in [0.1, 0.15) is 6.04 Å². The Bertz CT molecular complexity index is 526. The maximum atomic E-state index is 12.0. The van der Waals surface area contributed by atoms with Crippen LogP contribution in [-0.4, -0.2) is 44.3 Å². The highest BCUT2D eigenvalue weighted by atomic mass is 32.2. The molecule has 132 valence electrons. The van der Waals surface area contributed by atoms with Crippen molar-refractivity contribution in [3.05, 3.63) is 0 Å². The maximum absolute atomic E-state index is 12.0. The quantitative estimate of drug-likeness (QED) is 0.752. The molecule has 1 heterocycles. The van der Waals surface area contributed by atoms with Gasteiger partial charge in [-0.25, -0.2) is 8.42 Å². The van der Waals surface area contributed by atoms with Crippen LogP contribution in [0.5, 0.6) is 0 Å². The minimum absolute atomic E-state index is 0.00547. The molecule has 2 N–H and O–H groups in total. The summed E-state index contributed by atoms with van der Waals surface area (Å²) < 4.78 is 22.8. The zero-order valence-corrected chi connectivity index (χ0v) is 14.7. The fourth-order valence-electron chi connectivity index (χ4n) is 3.45. The first-order valence-corrected chi connectivity index (χ1v) is 10.5. The fourth-order valence-corrected chi connectivity index (χ4v) is 5.31. The smallest absolute Gasteiger partial charge is 0.242 e. The molecule has 2 aliphatic rings. The largest absolute Gasteiger partial charge is 0.354 e. The predicted molar refractivity (Wildman–Crippen MR) is 88.6 cm³/mol. The van der Waals surface area contributed by atoms with E-state index in [1.807, 2.05) is 0 Å². The average molecular weight is 344 g/mol. The lowest BCUT2D eigenvalue weighted by atomic mass is 9.87. The van der Waals surface area contributed by atoms with Gasteiger partial charge in [-0.05, 0) is 38.0 Å². The molecule has 23 heavy (non-hydrogen) atoms. The lowest BCUT2D eigenvalue weighted by Crippen LogP contribution is -2.46. The summed E-state index contributed by atoms with van der Waals surface area (Å²) in [7, 11) is -2.92. The van der Waals surface area contributed by atoms with Crippen molar-refractivity contribution in [2.24, 2.45) is 11.8 Å². The summed E-state index contributed by atoms with van der Waals surface area (Å²) in [4.78, 5) is 24.0. The van der Waals surface area contributed by atoms with Crippen LogP contribution in [0.1, 0.15) is 51.9 Å². The third kappa shape index (κ3) is 6.12. The molecule has 6 nitrogen and oxygen atoms in total. The summed E-state index contributed by atoms with van der Waals surface area (Å²) in [6.45, 7) is 2.03. The van der Waals surface area contributed by atoms with E-state index in [1.54, 1.807) is 6.92 Å². The molecule has 0 aromatic rings. The van der Waals surface area contributed by atoms with Crippen LogP contribution >= 0.6 is 0 Å². The minimum Gasteiger partial charge on any atom is -0.354 e. The Hall–Kier alpha value is -1.11. The van der Waals surface area contributed by atoms with E-state index in [0.29, 0.717) is 25.3 Å². The van der Waals surface area contributed by atoms with E-state index in [-0.39, 0.29) is 29.2 Å². The molecule has 2 fully saturated rings. The average Bonchev–Trinajstić information content (AvgIpc) is 2.85. The zero-order chi connectivity index (χ0) is 16.9. The molecule has 1 saturated heterocycles.